The molecule has 3 aromatic carbocycles. The van der Waals surface area contributed by atoms with Crippen molar-refractivity contribution in [2.45, 2.75) is 18.8 Å². The monoisotopic (exact) mass is 402 g/mol. The number of aromatic hydroxyl groups is 1. The molecule has 1 N–H and O–H groups in total. The maximum absolute atomic E-state index is 14.2. The normalized spacial score (nSPS) is 14.6. The summed E-state index contributed by atoms with van der Waals surface area (Å²) < 4.78 is 30.3. The van der Waals surface area contributed by atoms with Crippen molar-refractivity contribution in [1.82, 2.24) is 4.57 Å². The number of para-hydroxylation sites is 2. The van der Waals surface area contributed by atoms with E-state index >= 15 is 0 Å². The number of alkyl halides is 2. The van der Waals surface area contributed by atoms with Crippen molar-refractivity contribution in [2.75, 3.05) is 0 Å². The fourth-order valence-electron chi connectivity index (χ4n) is 3.81. The molecule has 5 heteroatoms. The molecule has 0 saturated heterocycles. The Morgan fingerprint density at radius 3 is 2.27 bits per heavy atom. The fraction of sp³-hybridized carbons (Fsp3) is 0.160. The average molecular weight is 402 g/mol. The van der Waals surface area contributed by atoms with E-state index in [9.17, 15) is 13.9 Å². The summed E-state index contributed by atoms with van der Waals surface area (Å²) in [5.41, 5.74) is 2.88. The number of benzene rings is 3. The quantitative estimate of drug-likeness (QED) is 0.376. The largest absolute Gasteiger partial charge is 0.494 e. The lowest BCUT2D eigenvalue weighted by Gasteiger charge is -2.15. The molecule has 0 spiro atoms. The number of aliphatic imine (C=N–C) groups is 1. The Bertz CT molecular complexity index is 1220. The van der Waals surface area contributed by atoms with Gasteiger partial charge in [-0.05, 0) is 43.2 Å². The van der Waals surface area contributed by atoms with Gasteiger partial charge in [-0.3, -0.25) is 9.56 Å². The van der Waals surface area contributed by atoms with Crippen molar-refractivity contribution in [3.63, 3.8) is 0 Å². The highest BCUT2D eigenvalue weighted by atomic mass is 19.3. The van der Waals surface area contributed by atoms with Gasteiger partial charge in [0.25, 0.3) is 5.92 Å². The second-order valence-corrected chi connectivity index (χ2v) is 7.63. The summed E-state index contributed by atoms with van der Waals surface area (Å²) in [7, 11) is 0. The van der Waals surface area contributed by atoms with Crippen molar-refractivity contribution in [3.05, 3.63) is 90.0 Å². The van der Waals surface area contributed by atoms with E-state index in [1.165, 1.54) is 12.1 Å². The second kappa shape index (κ2) is 7.10. The zero-order valence-corrected chi connectivity index (χ0v) is 16.2. The molecule has 0 bridgehead atoms. The third kappa shape index (κ3) is 3.16. The highest BCUT2D eigenvalue weighted by Crippen LogP contribution is 2.49. The zero-order chi connectivity index (χ0) is 20.7. The van der Waals surface area contributed by atoms with Crippen LogP contribution in [0.1, 0.15) is 24.0 Å². The Balaban J connectivity index is 1.51. The molecule has 1 saturated carbocycles. The third-order valence-electron chi connectivity index (χ3n) is 5.59. The lowest BCUT2D eigenvalue weighted by Crippen LogP contribution is -2.15. The number of aromatic nitrogens is 1. The minimum atomic E-state index is -2.77. The van der Waals surface area contributed by atoms with E-state index in [1.807, 2.05) is 54.6 Å². The van der Waals surface area contributed by atoms with E-state index in [-0.39, 0.29) is 11.4 Å². The number of rotatable bonds is 5. The molecule has 0 atom stereocenters. The van der Waals surface area contributed by atoms with Crippen LogP contribution in [0.4, 0.5) is 14.5 Å². The minimum absolute atomic E-state index is 0.0347. The molecule has 0 unspecified atom stereocenters. The lowest BCUT2D eigenvalue weighted by molar-refractivity contribution is -0.0285. The third-order valence-corrected chi connectivity index (χ3v) is 5.59. The first kappa shape index (κ1) is 18.6. The van der Waals surface area contributed by atoms with Gasteiger partial charge in [0, 0.05) is 28.8 Å². The summed E-state index contributed by atoms with van der Waals surface area (Å²) in [6.07, 6.45) is 2.75. The van der Waals surface area contributed by atoms with Crippen LogP contribution >= 0.6 is 0 Å². The topological polar surface area (TPSA) is 37.5 Å². The zero-order valence-electron chi connectivity index (χ0n) is 16.2. The van der Waals surface area contributed by atoms with Crippen LogP contribution < -0.4 is 0 Å². The van der Waals surface area contributed by atoms with Crippen molar-refractivity contribution < 1.29 is 13.9 Å². The first-order chi connectivity index (χ1) is 14.6. The van der Waals surface area contributed by atoms with Crippen LogP contribution in [-0.2, 0) is 5.92 Å². The molecule has 1 fully saturated rings. The van der Waals surface area contributed by atoms with E-state index in [4.69, 9.17) is 0 Å². The van der Waals surface area contributed by atoms with Crippen LogP contribution in [0.2, 0.25) is 0 Å². The number of hydrogen-bond donors (Lipinski definition) is 1. The van der Waals surface area contributed by atoms with E-state index in [0.29, 0.717) is 24.1 Å². The maximum atomic E-state index is 14.2. The number of fused-ring (bicyclic) bond motifs is 1. The molecule has 1 aliphatic carbocycles. The summed E-state index contributed by atoms with van der Waals surface area (Å²) >= 11 is 0. The maximum Gasteiger partial charge on any atom is 0.276 e. The average Bonchev–Trinajstić information content (AvgIpc) is 3.59. The summed E-state index contributed by atoms with van der Waals surface area (Å²) in [5.74, 6) is -3.22. The van der Waals surface area contributed by atoms with E-state index in [1.54, 1.807) is 22.9 Å². The van der Waals surface area contributed by atoms with Crippen LogP contribution in [0, 0.1) is 5.92 Å². The molecule has 3 nitrogen and oxygen atoms in total. The predicted octanol–water partition coefficient (Wildman–Crippen LogP) is 6.59. The van der Waals surface area contributed by atoms with Crippen molar-refractivity contribution in [1.29, 1.82) is 0 Å². The van der Waals surface area contributed by atoms with Crippen molar-refractivity contribution in [3.8, 4) is 11.6 Å². The first-order valence-corrected chi connectivity index (χ1v) is 9.96. The van der Waals surface area contributed by atoms with Crippen LogP contribution in [0.3, 0.4) is 0 Å². The van der Waals surface area contributed by atoms with Crippen LogP contribution in [0.25, 0.3) is 16.6 Å². The fourth-order valence-corrected chi connectivity index (χ4v) is 3.81. The number of halogens is 2. The van der Waals surface area contributed by atoms with Gasteiger partial charge in [-0.15, -0.1) is 0 Å². The Kier molecular flexibility index (Phi) is 4.39. The van der Waals surface area contributed by atoms with Gasteiger partial charge in [-0.25, -0.2) is 8.78 Å². The van der Waals surface area contributed by atoms with Crippen LogP contribution in [0.15, 0.2) is 83.9 Å². The molecule has 30 heavy (non-hydrogen) atoms. The van der Waals surface area contributed by atoms with Gasteiger partial charge < -0.3 is 5.11 Å². The van der Waals surface area contributed by atoms with Gasteiger partial charge in [0.1, 0.15) is 0 Å². The van der Waals surface area contributed by atoms with E-state index in [0.717, 1.165) is 16.6 Å². The summed E-state index contributed by atoms with van der Waals surface area (Å²) in [6, 6.07) is 23.4. The summed E-state index contributed by atoms with van der Waals surface area (Å²) in [4.78, 5) is 4.43. The number of hydrogen-bond acceptors (Lipinski definition) is 2. The molecule has 5 rings (SSSR count). The Labute approximate surface area is 172 Å². The molecule has 0 amide bonds. The molecular formula is C25H20F2N2O. The molecule has 150 valence electrons. The predicted molar refractivity (Wildman–Crippen MR) is 115 cm³/mol. The van der Waals surface area contributed by atoms with Crippen LogP contribution in [0.5, 0.6) is 5.88 Å². The van der Waals surface area contributed by atoms with Gasteiger partial charge >= 0.3 is 0 Å². The molecule has 1 heterocycles. The summed E-state index contributed by atoms with van der Waals surface area (Å²) in [5, 5.41) is 11.8. The molecule has 1 aromatic heterocycles. The molecule has 0 radical (unpaired) electrons. The van der Waals surface area contributed by atoms with E-state index < -0.39 is 11.8 Å². The van der Waals surface area contributed by atoms with Crippen molar-refractivity contribution >= 4 is 22.8 Å². The van der Waals surface area contributed by atoms with E-state index in [2.05, 4.69) is 4.99 Å². The SMILES string of the molecule is Oc1c(C=Nc2ccc(C(F)(F)C3CC3)cc2)c2ccccc2n1-c1ccccc1. The second-order valence-electron chi connectivity index (χ2n) is 7.63. The first-order valence-electron chi connectivity index (χ1n) is 9.96. The molecule has 1 aliphatic rings. The van der Waals surface area contributed by atoms with Gasteiger partial charge in [-0.2, -0.15) is 0 Å². The molecular weight excluding hydrogens is 382 g/mol. The Hall–Kier alpha value is -3.47. The van der Waals surface area contributed by atoms with Gasteiger partial charge in [0.05, 0.1) is 16.8 Å². The van der Waals surface area contributed by atoms with Crippen molar-refractivity contribution in [2.24, 2.45) is 10.9 Å². The standard InChI is InChI=1S/C25H20F2N2O/c26-25(27,17-10-11-17)18-12-14-19(15-13-18)28-16-22-21-8-4-5-9-23(21)29(24(22)30)20-6-2-1-3-7-20/h1-9,12-17,30H,10-11H2. The lowest BCUT2D eigenvalue weighted by atomic mass is 10.0. The van der Waals surface area contributed by atoms with Crippen LogP contribution in [-0.4, -0.2) is 15.9 Å². The highest BCUT2D eigenvalue weighted by Gasteiger charge is 2.47. The van der Waals surface area contributed by atoms with Gasteiger partial charge in [-0.1, -0.05) is 48.5 Å². The van der Waals surface area contributed by atoms with Gasteiger partial charge in [0.2, 0.25) is 5.88 Å². The Morgan fingerprint density at radius 2 is 1.57 bits per heavy atom. The Morgan fingerprint density at radius 1 is 0.900 bits per heavy atom. The highest BCUT2D eigenvalue weighted by molar-refractivity contribution is 6.03. The van der Waals surface area contributed by atoms with Gasteiger partial charge in [0.15, 0.2) is 0 Å². The smallest absolute Gasteiger partial charge is 0.276 e. The number of nitrogens with zero attached hydrogens (tertiary/aromatic N) is 2. The summed E-state index contributed by atoms with van der Waals surface area (Å²) in [6.45, 7) is 0. The minimum Gasteiger partial charge on any atom is -0.494 e. The molecule has 4 aromatic rings. The molecule has 0 aliphatic heterocycles.